The highest BCUT2D eigenvalue weighted by Crippen LogP contribution is 2.53. The average molecular weight is 703 g/mol. The summed E-state index contributed by atoms with van der Waals surface area (Å²) in [6.07, 6.45) is 0. The fourth-order valence-electron chi connectivity index (χ4n) is 8.34. The molecule has 1 aliphatic carbocycles. The zero-order valence-electron chi connectivity index (χ0n) is 30.9. The van der Waals surface area contributed by atoms with Crippen LogP contribution in [-0.2, 0) is 5.41 Å². The molecule has 0 atom stereocenters. The largest absolute Gasteiger partial charge is 0.228 e. The van der Waals surface area contributed by atoms with E-state index in [1.165, 1.54) is 66.4 Å². The molecule has 0 spiro atoms. The quantitative estimate of drug-likeness (QED) is 0.172. The summed E-state index contributed by atoms with van der Waals surface area (Å²) in [7, 11) is 0. The normalized spacial score (nSPS) is 12.7. The Labute approximate surface area is 322 Å². The van der Waals surface area contributed by atoms with Crippen LogP contribution in [0, 0.1) is 0 Å². The number of rotatable bonds is 6. The molecule has 0 saturated carbocycles. The minimum absolute atomic E-state index is 0.102. The van der Waals surface area contributed by atoms with Crippen LogP contribution in [0.5, 0.6) is 0 Å². The predicted molar refractivity (Wildman–Crippen MR) is 230 cm³/mol. The first-order valence-electron chi connectivity index (χ1n) is 19.0. The molecule has 0 aliphatic heterocycles. The summed E-state index contributed by atoms with van der Waals surface area (Å²) in [5.74, 6) is 0.710. The van der Waals surface area contributed by atoms with Crippen molar-refractivity contribution >= 4 is 10.8 Å². The van der Waals surface area contributed by atoms with Crippen LogP contribution in [-0.4, -0.2) is 9.97 Å². The number of aromatic nitrogens is 2. The zero-order valence-corrected chi connectivity index (χ0v) is 30.9. The molecule has 0 fully saturated rings. The first-order valence-corrected chi connectivity index (χ1v) is 19.0. The van der Waals surface area contributed by atoms with Gasteiger partial charge in [0.1, 0.15) is 0 Å². The standard InChI is InChI=1S/C53H38N2/c1-53(2)47-22-12-21-45(51(47)46-32-41-17-9-10-18-42(41)33-48(46)53)43-19-11-20-44(31-43)50-34-49(54-52(55-50)40-15-7-4-8-16-40)39-29-27-38(28-30-39)37-25-23-36(24-26-37)35-13-5-3-6-14-35/h3-34H,1-2H3. The molecule has 9 aromatic rings. The molecule has 0 bridgehead atoms. The Bertz CT molecular complexity index is 2850. The smallest absolute Gasteiger partial charge is 0.160 e. The number of fused-ring (bicyclic) bond motifs is 4. The van der Waals surface area contributed by atoms with Gasteiger partial charge in [-0.1, -0.05) is 184 Å². The second kappa shape index (κ2) is 13.2. The maximum absolute atomic E-state index is 5.19. The third-order valence-electron chi connectivity index (χ3n) is 11.3. The van der Waals surface area contributed by atoms with E-state index in [0.717, 1.165) is 28.1 Å². The molecule has 55 heavy (non-hydrogen) atoms. The van der Waals surface area contributed by atoms with Crippen LogP contribution in [0.4, 0.5) is 0 Å². The maximum atomic E-state index is 5.19. The zero-order chi connectivity index (χ0) is 36.9. The summed E-state index contributed by atoms with van der Waals surface area (Å²) < 4.78 is 0. The van der Waals surface area contributed by atoms with Crippen LogP contribution in [0.2, 0.25) is 0 Å². The third kappa shape index (κ3) is 5.84. The van der Waals surface area contributed by atoms with E-state index in [4.69, 9.17) is 9.97 Å². The van der Waals surface area contributed by atoms with Crippen LogP contribution in [0.15, 0.2) is 194 Å². The Morgan fingerprint density at radius 1 is 0.327 bits per heavy atom. The summed E-state index contributed by atoms with van der Waals surface area (Å²) in [5, 5.41) is 2.55. The maximum Gasteiger partial charge on any atom is 0.160 e. The number of hydrogen-bond donors (Lipinski definition) is 0. The van der Waals surface area contributed by atoms with Crippen molar-refractivity contribution < 1.29 is 0 Å². The lowest BCUT2D eigenvalue weighted by atomic mass is 9.81. The van der Waals surface area contributed by atoms with E-state index in [0.29, 0.717) is 5.82 Å². The van der Waals surface area contributed by atoms with Gasteiger partial charge in [-0.05, 0) is 90.7 Å². The lowest BCUT2D eigenvalue weighted by Gasteiger charge is -2.22. The molecule has 260 valence electrons. The van der Waals surface area contributed by atoms with Gasteiger partial charge in [0.05, 0.1) is 11.4 Å². The van der Waals surface area contributed by atoms with Gasteiger partial charge < -0.3 is 0 Å². The Morgan fingerprint density at radius 3 is 1.47 bits per heavy atom. The van der Waals surface area contributed by atoms with Crippen LogP contribution >= 0.6 is 0 Å². The van der Waals surface area contributed by atoms with Gasteiger partial charge >= 0.3 is 0 Å². The average Bonchev–Trinajstić information content (AvgIpc) is 3.48. The van der Waals surface area contributed by atoms with Crippen molar-refractivity contribution in [1.82, 2.24) is 9.97 Å². The minimum Gasteiger partial charge on any atom is -0.228 e. The summed E-state index contributed by atoms with van der Waals surface area (Å²) in [4.78, 5) is 10.3. The second-order valence-electron chi connectivity index (χ2n) is 15.0. The number of benzene rings is 8. The van der Waals surface area contributed by atoms with Gasteiger partial charge in [-0.2, -0.15) is 0 Å². The van der Waals surface area contributed by atoms with Crippen molar-refractivity contribution in [3.05, 3.63) is 205 Å². The van der Waals surface area contributed by atoms with E-state index in [-0.39, 0.29) is 5.41 Å². The highest BCUT2D eigenvalue weighted by Gasteiger charge is 2.37. The van der Waals surface area contributed by atoms with E-state index in [2.05, 4.69) is 190 Å². The molecule has 2 nitrogen and oxygen atoms in total. The van der Waals surface area contributed by atoms with Crippen LogP contribution in [0.25, 0.3) is 89.2 Å². The number of nitrogens with zero attached hydrogens (tertiary/aromatic N) is 2. The molecule has 0 unspecified atom stereocenters. The van der Waals surface area contributed by atoms with E-state index in [1.807, 2.05) is 18.2 Å². The molecule has 1 aromatic heterocycles. The SMILES string of the molecule is CC1(C)c2cc3ccccc3cc2-c2c(-c3cccc(-c4cc(-c5ccc(-c6ccc(-c7ccccc7)cc6)cc5)nc(-c5ccccc5)n4)c3)cccc21. The molecule has 8 aromatic carbocycles. The van der Waals surface area contributed by atoms with Gasteiger partial charge in [-0.25, -0.2) is 9.97 Å². The van der Waals surface area contributed by atoms with Crippen molar-refractivity contribution in [2.24, 2.45) is 0 Å². The van der Waals surface area contributed by atoms with Gasteiger partial charge in [0.15, 0.2) is 5.82 Å². The van der Waals surface area contributed by atoms with Crippen molar-refractivity contribution in [2.45, 2.75) is 19.3 Å². The molecule has 2 heteroatoms. The lowest BCUT2D eigenvalue weighted by molar-refractivity contribution is 0.661. The van der Waals surface area contributed by atoms with Crippen molar-refractivity contribution in [3.63, 3.8) is 0 Å². The minimum atomic E-state index is -0.102. The molecule has 0 saturated heterocycles. The Hall–Kier alpha value is -6.90. The van der Waals surface area contributed by atoms with Crippen LogP contribution in [0.1, 0.15) is 25.0 Å². The summed E-state index contributed by atoms with van der Waals surface area (Å²) in [6, 6.07) is 69.6. The summed E-state index contributed by atoms with van der Waals surface area (Å²) in [5.41, 5.74) is 17.4. The van der Waals surface area contributed by atoms with Gasteiger partial charge in [0.2, 0.25) is 0 Å². The van der Waals surface area contributed by atoms with Crippen LogP contribution < -0.4 is 0 Å². The summed E-state index contributed by atoms with van der Waals surface area (Å²) >= 11 is 0. The second-order valence-corrected chi connectivity index (χ2v) is 15.0. The molecule has 0 amide bonds. The van der Waals surface area contributed by atoms with Gasteiger partial charge in [0, 0.05) is 22.1 Å². The first-order chi connectivity index (χ1) is 27.0. The topological polar surface area (TPSA) is 25.8 Å². The molecular weight excluding hydrogens is 665 g/mol. The molecular formula is C53H38N2. The van der Waals surface area contributed by atoms with E-state index < -0.39 is 0 Å². The van der Waals surface area contributed by atoms with Crippen LogP contribution in [0.3, 0.4) is 0 Å². The van der Waals surface area contributed by atoms with Gasteiger partial charge in [-0.15, -0.1) is 0 Å². The predicted octanol–water partition coefficient (Wildman–Crippen LogP) is 13.9. The molecule has 0 radical (unpaired) electrons. The number of hydrogen-bond acceptors (Lipinski definition) is 2. The fraction of sp³-hybridized carbons (Fsp3) is 0.0566. The third-order valence-corrected chi connectivity index (χ3v) is 11.3. The first kappa shape index (κ1) is 32.7. The molecule has 1 aliphatic rings. The van der Waals surface area contributed by atoms with Gasteiger partial charge in [0.25, 0.3) is 0 Å². The Kier molecular flexibility index (Phi) is 7.85. The van der Waals surface area contributed by atoms with E-state index in [9.17, 15) is 0 Å². The monoisotopic (exact) mass is 702 g/mol. The van der Waals surface area contributed by atoms with E-state index >= 15 is 0 Å². The van der Waals surface area contributed by atoms with Crippen molar-refractivity contribution in [1.29, 1.82) is 0 Å². The van der Waals surface area contributed by atoms with Crippen molar-refractivity contribution in [3.8, 4) is 78.4 Å². The van der Waals surface area contributed by atoms with Gasteiger partial charge in [-0.3, -0.25) is 0 Å². The van der Waals surface area contributed by atoms with E-state index in [1.54, 1.807) is 0 Å². The highest BCUT2D eigenvalue weighted by molar-refractivity contribution is 5.99. The Balaban J connectivity index is 1.04. The summed E-state index contributed by atoms with van der Waals surface area (Å²) in [6.45, 7) is 4.71. The Morgan fingerprint density at radius 2 is 0.818 bits per heavy atom. The molecule has 1 heterocycles. The van der Waals surface area contributed by atoms with Crippen molar-refractivity contribution in [2.75, 3.05) is 0 Å². The highest BCUT2D eigenvalue weighted by atomic mass is 14.9. The lowest BCUT2D eigenvalue weighted by Crippen LogP contribution is -2.14. The molecule has 0 N–H and O–H groups in total. The fourth-order valence-corrected chi connectivity index (χ4v) is 8.34. The molecule has 10 rings (SSSR count).